The normalized spacial score (nSPS) is 25.5. The fourth-order valence-electron chi connectivity index (χ4n) is 3.48. The van der Waals surface area contributed by atoms with Gasteiger partial charge in [-0.15, -0.1) is 0 Å². The van der Waals surface area contributed by atoms with Gasteiger partial charge >= 0.3 is 0 Å². The Labute approximate surface area is 139 Å². The van der Waals surface area contributed by atoms with E-state index in [4.69, 9.17) is 4.74 Å². The molecule has 8 nitrogen and oxygen atoms in total. The third-order valence-electron chi connectivity index (χ3n) is 4.75. The predicted octanol–water partition coefficient (Wildman–Crippen LogP) is -0.361. The summed E-state index contributed by atoms with van der Waals surface area (Å²) in [6.07, 6.45) is 5.54. The van der Waals surface area contributed by atoms with Crippen molar-refractivity contribution in [3.63, 3.8) is 0 Å². The molecule has 4 heterocycles. The van der Waals surface area contributed by atoms with Crippen LogP contribution in [0.25, 0.3) is 5.65 Å². The van der Waals surface area contributed by atoms with E-state index < -0.39 is 5.60 Å². The Hall–Kier alpha value is -2.03. The number of aliphatic hydroxyl groups is 1. The Morgan fingerprint density at radius 1 is 1.33 bits per heavy atom. The molecule has 0 spiro atoms. The van der Waals surface area contributed by atoms with Crippen LogP contribution in [0.4, 0.5) is 0 Å². The standard InChI is InChI=1S/C16H21N5O3/c22-15(13-10-18-21-4-1-3-17-14(13)21)20-5-2-16(23,12-20)11-19-6-8-24-9-7-19/h1,3-4,10,23H,2,5-9,11-12H2. The van der Waals surface area contributed by atoms with Gasteiger partial charge in [0, 0.05) is 38.6 Å². The summed E-state index contributed by atoms with van der Waals surface area (Å²) in [7, 11) is 0. The molecule has 8 heteroatoms. The van der Waals surface area contributed by atoms with Crippen LogP contribution in [0.5, 0.6) is 0 Å². The van der Waals surface area contributed by atoms with Crippen molar-refractivity contribution in [3.05, 3.63) is 30.2 Å². The summed E-state index contributed by atoms with van der Waals surface area (Å²) in [5, 5.41) is 15.0. The Morgan fingerprint density at radius 3 is 3.00 bits per heavy atom. The summed E-state index contributed by atoms with van der Waals surface area (Å²) in [6.45, 7) is 4.52. The highest BCUT2D eigenvalue weighted by Crippen LogP contribution is 2.25. The van der Waals surface area contributed by atoms with Gasteiger partial charge < -0.3 is 14.7 Å². The van der Waals surface area contributed by atoms with Crippen molar-refractivity contribution in [3.8, 4) is 0 Å². The zero-order chi connectivity index (χ0) is 16.6. The molecule has 0 bridgehead atoms. The largest absolute Gasteiger partial charge is 0.387 e. The third kappa shape index (κ3) is 2.88. The van der Waals surface area contributed by atoms with Gasteiger partial charge in [0.1, 0.15) is 5.56 Å². The van der Waals surface area contributed by atoms with Gasteiger partial charge in [0.25, 0.3) is 5.91 Å². The van der Waals surface area contributed by atoms with Crippen molar-refractivity contribution in [1.82, 2.24) is 24.4 Å². The van der Waals surface area contributed by atoms with Crippen LogP contribution < -0.4 is 0 Å². The highest BCUT2D eigenvalue weighted by atomic mass is 16.5. The number of carbonyl (C=O) groups is 1. The smallest absolute Gasteiger partial charge is 0.259 e. The fraction of sp³-hybridized carbons (Fsp3) is 0.562. The number of rotatable bonds is 3. The first kappa shape index (κ1) is 15.5. The van der Waals surface area contributed by atoms with Crippen LogP contribution in [0.2, 0.25) is 0 Å². The SMILES string of the molecule is O=C(c1cnn2cccnc12)N1CCC(O)(CN2CCOCC2)C1. The number of likely N-dealkylation sites (tertiary alicyclic amines) is 1. The van der Waals surface area contributed by atoms with E-state index in [1.807, 2.05) is 0 Å². The Bertz CT molecular complexity index is 742. The lowest BCUT2D eigenvalue weighted by molar-refractivity contribution is -0.0257. The molecular weight excluding hydrogens is 310 g/mol. The van der Waals surface area contributed by atoms with Crippen LogP contribution >= 0.6 is 0 Å². The fourth-order valence-corrected chi connectivity index (χ4v) is 3.48. The molecule has 128 valence electrons. The van der Waals surface area contributed by atoms with E-state index in [-0.39, 0.29) is 5.91 Å². The summed E-state index contributed by atoms with van der Waals surface area (Å²) in [4.78, 5) is 20.9. The number of hydrogen-bond acceptors (Lipinski definition) is 6. The maximum atomic E-state index is 12.8. The van der Waals surface area contributed by atoms with Crippen molar-refractivity contribution in [1.29, 1.82) is 0 Å². The van der Waals surface area contributed by atoms with Crippen LogP contribution in [-0.4, -0.2) is 87.0 Å². The molecule has 0 aromatic carbocycles. The number of hydrogen-bond donors (Lipinski definition) is 1. The molecule has 0 radical (unpaired) electrons. The zero-order valence-corrected chi connectivity index (χ0v) is 13.5. The van der Waals surface area contributed by atoms with Gasteiger partial charge in [-0.05, 0) is 12.5 Å². The first-order valence-electron chi connectivity index (χ1n) is 8.25. The van der Waals surface area contributed by atoms with Crippen LogP contribution in [0.1, 0.15) is 16.8 Å². The van der Waals surface area contributed by atoms with Gasteiger partial charge in [0.15, 0.2) is 5.65 Å². The number of fused-ring (bicyclic) bond motifs is 1. The minimum Gasteiger partial charge on any atom is -0.387 e. The van der Waals surface area contributed by atoms with Crippen LogP contribution in [0, 0.1) is 0 Å². The van der Waals surface area contributed by atoms with Gasteiger partial charge in [-0.3, -0.25) is 9.69 Å². The molecule has 1 amide bonds. The van der Waals surface area contributed by atoms with E-state index in [0.29, 0.717) is 50.5 Å². The molecule has 1 atom stereocenters. The molecule has 2 aliphatic rings. The number of ether oxygens (including phenoxy) is 1. The molecule has 2 aromatic rings. The predicted molar refractivity (Wildman–Crippen MR) is 85.7 cm³/mol. The second-order valence-electron chi connectivity index (χ2n) is 6.54. The summed E-state index contributed by atoms with van der Waals surface area (Å²) in [5.74, 6) is -0.124. The Kier molecular flexibility index (Phi) is 3.95. The number of amides is 1. The number of aromatic nitrogens is 3. The summed E-state index contributed by atoms with van der Waals surface area (Å²) >= 11 is 0. The third-order valence-corrected chi connectivity index (χ3v) is 4.75. The minimum atomic E-state index is -0.858. The van der Waals surface area contributed by atoms with E-state index in [1.54, 1.807) is 34.1 Å². The lowest BCUT2D eigenvalue weighted by Gasteiger charge is -2.33. The molecule has 2 saturated heterocycles. The Balaban J connectivity index is 1.46. The molecule has 4 rings (SSSR count). The molecule has 2 fully saturated rings. The maximum Gasteiger partial charge on any atom is 0.259 e. The lowest BCUT2D eigenvalue weighted by Crippen LogP contribution is -2.49. The molecule has 0 aliphatic carbocycles. The minimum absolute atomic E-state index is 0.124. The quantitative estimate of drug-likeness (QED) is 0.827. The van der Waals surface area contributed by atoms with Gasteiger partial charge in [0.2, 0.25) is 0 Å². The second-order valence-corrected chi connectivity index (χ2v) is 6.54. The first-order chi connectivity index (χ1) is 11.6. The number of carbonyl (C=O) groups excluding carboxylic acids is 1. The number of β-amino-alcohol motifs (C(OH)–C–C–N with tert-alkyl or cyclic N) is 1. The topological polar surface area (TPSA) is 83.2 Å². The molecule has 1 N–H and O–H groups in total. The van der Waals surface area contributed by atoms with Crippen LogP contribution in [0.3, 0.4) is 0 Å². The summed E-state index contributed by atoms with van der Waals surface area (Å²) < 4.78 is 6.93. The molecule has 1 unspecified atom stereocenters. The number of morpholine rings is 1. The average Bonchev–Trinajstić information content (AvgIpc) is 3.19. The van der Waals surface area contributed by atoms with Crippen molar-refractivity contribution in [2.75, 3.05) is 45.9 Å². The Morgan fingerprint density at radius 2 is 2.17 bits per heavy atom. The molecule has 0 saturated carbocycles. The molecule has 2 aromatic heterocycles. The molecule has 24 heavy (non-hydrogen) atoms. The first-order valence-corrected chi connectivity index (χ1v) is 8.25. The average molecular weight is 331 g/mol. The molecular formula is C16H21N5O3. The summed E-state index contributed by atoms with van der Waals surface area (Å²) in [6, 6.07) is 1.77. The second kappa shape index (κ2) is 6.12. The molecule has 2 aliphatic heterocycles. The van der Waals surface area contributed by atoms with Crippen molar-refractivity contribution >= 4 is 11.6 Å². The highest BCUT2D eigenvalue weighted by Gasteiger charge is 2.40. The van der Waals surface area contributed by atoms with Crippen molar-refractivity contribution < 1.29 is 14.6 Å². The van der Waals surface area contributed by atoms with E-state index in [2.05, 4.69) is 15.0 Å². The highest BCUT2D eigenvalue weighted by molar-refractivity contribution is 5.99. The maximum absolute atomic E-state index is 12.8. The summed E-state index contributed by atoms with van der Waals surface area (Å²) in [5.41, 5.74) is 0.168. The van der Waals surface area contributed by atoms with E-state index in [1.165, 1.54) is 0 Å². The van der Waals surface area contributed by atoms with Crippen LogP contribution in [0.15, 0.2) is 24.7 Å². The van der Waals surface area contributed by atoms with Gasteiger partial charge in [-0.25, -0.2) is 9.50 Å². The number of nitrogens with zero attached hydrogens (tertiary/aromatic N) is 5. The lowest BCUT2D eigenvalue weighted by atomic mass is 10.0. The van der Waals surface area contributed by atoms with E-state index >= 15 is 0 Å². The van der Waals surface area contributed by atoms with Gasteiger partial charge in [-0.2, -0.15) is 5.10 Å². The van der Waals surface area contributed by atoms with Crippen LogP contribution in [-0.2, 0) is 4.74 Å². The van der Waals surface area contributed by atoms with E-state index in [9.17, 15) is 9.90 Å². The van der Waals surface area contributed by atoms with E-state index in [0.717, 1.165) is 13.1 Å². The zero-order valence-electron chi connectivity index (χ0n) is 13.5. The van der Waals surface area contributed by atoms with Crippen molar-refractivity contribution in [2.24, 2.45) is 0 Å². The van der Waals surface area contributed by atoms with Gasteiger partial charge in [-0.1, -0.05) is 0 Å². The van der Waals surface area contributed by atoms with Gasteiger partial charge in [0.05, 0.1) is 31.6 Å². The van der Waals surface area contributed by atoms with Crippen molar-refractivity contribution in [2.45, 2.75) is 12.0 Å². The monoisotopic (exact) mass is 331 g/mol.